The number of rotatable bonds is 2. The third kappa shape index (κ3) is 3.89. The Morgan fingerprint density at radius 1 is 1.15 bits per heavy atom. The molecule has 0 unspecified atom stereocenters. The number of carbonyl (C=O) groups is 2. The van der Waals surface area contributed by atoms with Crippen LogP contribution in [0.5, 0.6) is 11.5 Å². The lowest BCUT2D eigenvalue weighted by atomic mass is 10.1. The number of Topliss-reactive ketones (excluding diaryl/α,β-unsaturated/α-hetero) is 1. The van der Waals surface area contributed by atoms with Crippen LogP contribution < -0.4 is 9.47 Å². The molecule has 2 aliphatic rings. The van der Waals surface area contributed by atoms with Crippen LogP contribution in [0, 0.1) is 0 Å². The molecule has 138 valence electrons. The highest BCUT2D eigenvalue weighted by atomic mass is 79.9. The summed E-state index contributed by atoms with van der Waals surface area (Å²) in [6.45, 7) is 2.00. The highest BCUT2D eigenvalue weighted by Crippen LogP contribution is 2.35. The zero-order chi connectivity index (χ0) is 18.8. The molecule has 7 heteroatoms. The predicted octanol–water partition coefficient (Wildman–Crippen LogP) is 3.90. The van der Waals surface area contributed by atoms with Crippen molar-refractivity contribution < 1.29 is 23.8 Å². The van der Waals surface area contributed by atoms with Gasteiger partial charge in [-0.1, -0.05) is 28.1 Å². The molecule has 0 aromatic heterocycles. The number of hydrogen-bond acceptors (Lipinski definition) is 5. The number of nitrogens with zero attached hydrogens (tertiary/aromatic N) is 1. The number of ether oxygens (including phenoxy) is 3. The van der Waals surface area contributed by atoms with E-state index in [0.717, 1.165) is 10.0 Å². The molecule has 0 radical (unpaired) electrons. The van der Waals surface area contributed by atoms with Crippen LogP contribution in [0.1, 0.15) is 15.9 Å². The maximum absolute atomic E-state index is 12.5. The van der Waals surface area contributed by atoms with Gasteiger partial charge in [0.2, 0.25) is 5.78 Å². The van der Waals surface area contributed by atoms with E-state index in [1.807, 2.05) is 24.3 Å². The number of fused-ring (bicyclic) bond motifs is 1. The Morgan fingerprint density at radius 3 is 2.74 bits per heavy atom. The van der Waals surface area contributed by atoms with Crippen molar-refractivity contribution in [2.75, 3.05) is 26.3 Å². The number of morpholine rings is 1. The fraction of sp³-hybridized carbons (Fsp3) is 0.200. The molecule has 6 nitrogen and oxygen atoms in total. The average Bonchev–Trinajstić information content (AvgIpc) is 2.97. The van der Waals surface area contributed by atoms with Gasteiger partial charge in [-0.3, -0.25) is 4.79 Å². The number of halogens is 1. The van der Waals surface area contributed by atoms with Crippen LogP contribution in [0.4, 0.5) is 4.79 Å². The third-order valence-corrected chi connectivity index (χ3v) is 4.76. The summed E-state index contributed by atoms with van der Waals surface area (Å²) in [4.78, 5) is 26.3. The number of amides is 1. The number of ketones is 1. The highest BCUT2D eigenvalue weighted by Gasteiger charge is 2.28. The van der Waals surface area contributed by atoms with Gasteiger partial charge in [-0.25, -0.2) is 4.79 Å². The Labute approximate surface area is 164 Å². The SMILES string of the molecule is O=C1/C(=C\c2cccc(Br)c2)Oc2cc(OC(=O)N3CCOCC3)ccc21. The molecular formula is C20H16BrNO5. The van der Waals surface area contributed by atoms with Crippen molar-refractivity contribution in [1.29, 1.82) is 0 Å². The molecule has 2 heterocycles. The molecule has 1 fully saturated rings. The van der Waals surface area contributed by atoms with Crippen LogP contribution in [0.15, 0.2) is 52.7 Å². The zero-order valence-electron chi connectivity index (χ0n) is 14.3. The molecule has 0 aliphatic carbocycles. The monoisotopic (exact) mass is 429 g/mol. The molecule has 0 bridgehead atoms. The van der Waals surface area contributed by atoms with Crippen molar-refractivity contribution in [2.45, 2.75) is 0 Å². The molecule has 1 saturated heterocycles. The summed E-state index contributed by atoms with van der Waals surface area (Å²) < 4.78 is 17.2. The molecule has 0 N–H and O–H groups in total. The van der Waals surface area contributed by atoms with Gasteiger partial charge in [0.25, 0.3) is 0 Å². The lowest BCUT2D eigenvalue weighted by Gasteiger charge is -2.25. The number of allylic oxidation sites excluding steroid dienone is 1. The lowest BCUT2D eigenvalue weighted by molar-refractivity contribution is 0.0416. The summed E-state index contributed by atoms with van der Waals surface area (Å²) in [6.07, 6.45) is 1.25. The minimum atomic E-state index is -0.438. The zero-order valence-corrected chi connectivity index (χ0v) is 15.9. The van der Waals surface area contributed by atoms with Crippen molar-refractivity contribution in [3.8, 4) is 11.5 Å². The first-order valence-corrected chi connectivity index (χ1v) is 9.28. The van der Waals surface area contributed by atoms with Gasteiger partial charge in [-0.2, -0.15) is 0 Å². The molecule has 2 aromatic carbocycles. The van der Waals surface area contributed by atoms with E-state index < -0.39 is 6.09 Å². The van der Waals surface area contributed by atoms with E-state index in [2.05, 4.69) is 15.9 Å². The number of carbonyl (C=O) groups excluding carboxylic acids is 2. The lowest BCUT2D eigenvalue weighted by Crippen LogP contribution is -2.42. The number of hydrogen-bond donors (Lipinski definition) is 0. The Balaban J connectivity index is 1.51. The molecule has 27 heavy (non-hydrogen) atoms. The quantitative estimate of drug-likeness (QED) is 0.677. The molecule has 4 rings (SSSR count). The van der Waals surface area contributed by atoms with Crippen molar-refractivity contribution in [3.63, 3.8) is 0 Å². The van der Waals surface area contributed by atoms with Crippen LogP contribution in [0.25, 0.3) is 6.08 Å². The van der Waals surface area contributed by atoms with Gasteiger partial charge in [-0.05, 0) is 35.9 Å². The summed E-state index contributed by atoms with van der Waals surface area (Å²) in [7, 11) is 0. The maximum Gasteiger partial charge on any atom is 0.415 e. The smallest absolute Gasteiger partial charge is 0.415 e. The molecule has 1 amide bonds. The molecular weight excluding hydrogens is 414 g/mol. The van der Waals surface area contributed by atoms with Gasteiger partial charge in [0.1, 0.15) is 11.5 Å². The van der Waals surface area contributed by atoms with E-state index >= 15 is 0 Å². The maximum atomic E-state index is 12.5. The largest absolute Gasteiger partial charge is 0.452 e. The van der Waals surface area contributed by atoms with E-state index in [0.29, 0.717) is 43.4 Å². The van der Waals surface area contributed by atoms with Crippen LogP contribution in [-0.2, 0) is 4.74 Å². The molecule has 0 spiro atoms. The Hall–Kier alpha value is -2.64. The van der Waals surface area contributed by atoms with Crippen LogP contribution in [0.2, 0.25) is 0 Å². The van der Waals surface area contributed by atoms with Crippen molar-refractivity contribution in [2.24, 2.45) is 0 Å². The summed E-state index contributed by atoms with van der Waals surface area (Å²) in [5, 5.41) is 0. The highest BCUT2D eigenvalue weighted by molar-refractivity contribution is 9.10. The van der Waals surface area contributed by atoms with Crippen LogP contribution in [0.3, 0.4) is 0 Å². The van der Waals surface area contributed by atoms with Crippen molar-refractivity contribution in [3.05, 3.63) is 63.8 Å². The fourth-order valence-corrected chi connectivity index (χ4v) is 3.31. The van der Waals surface area contributed by atoms with Gasteiger partial charge in [0, 0.05) is 23.6 Å². The Kier molecular flexibility index (Phi) is 4.96. The molecule has 0 saturated carbocycles. The van der Waals surface area contributed by atoms with E-state index in [1.165, 1.54) is 0 Å². The number of benzene rings is 2. The topological polar surface area (TPSA) is 65.1 Å². The van der Waals surface area contributed by atoms with E-state index in [1.54, 1.807) is 29.2 Å². The summed E-state index contributed by atoms with van der Waals surface area (Å²) in [6, 6.07) is 12.3. The normalized spacial score (nSPS) is 17.6. The molecule has 2 aliphatic heterocycles. The minimum Gasteiger partial charge on any atom is -0.452 e. The first kappa shape index (κ1) is 17.8. The van der Waals surface area contributed by atoms with Crippen molar-refractivity contribution >= 4 is 33.9 Å². The summed E-state index contributed by atoms with van der Waals surface area (Å²) in [5.41, 5.74) is 1.29. The Bertz CT molecular complexity index is 934. The molecule has 0 atom stereocenters. The van der Waals surface area contributed by atoms with Gasteiger partial charge < -0.3 is 19.1 Å². The van der Waals surface area contributed by atoms with Crippen molar-refractivity contribution in [1.82, 2.24) is 4.90 Å². The van der Waals surface area contributed by atoms with Gasteiger partial charge >= 0.3 is 6.09 Å². The predicted molar refractivity (Wildman–Crippen MR) is 102 cm³/mol. The summed E-state index contributed by atoms with van der Waals surface area (Å²) >= 11 is 3.40. The van der Waals surface area contributed by atoms with E-state index in [-0.39, 0.29) is 11.5 Å². The van der Waals surface area contributed by atoms with E-state index in [4.69, 9.17) is 14.2 Å². The minimum absolute atomic E-state index is 0.198. The van der Waals surface area contributed by atoms with Crippen LogP contribution in [-0.4, -0.2) is 43.1 Å². The van der Waals surface area contributed by atoms with Gasteiger partial charge in [0.15, 0.2) is 5.76 Å². The first-order valence-electron chi connectivity index (χ1n) is 8.48. The van der Waals surface area contributed by atoms with Gasteiger partial charge in [-0.15, -0.1) is 0 Å². The average molecular weight is 430 g/mol. The second-order valence-corrected chi connectivity index (χ2v) is 7.04. The Morgan fingerprint density at radius 2 is 1.96 bits per heavy atom. The molecule has 2 aromatic rings. The standard InChI is InChI=1S/C20H16BrNO5/c21-14-3-1-2-13(10-14)11-18-19(23)16-5-4-15(12-17(16)27-18)26-20(24)22-6-8-25-9-7-22/h1-5,10-12H,6-9H2/b18-11+. The van der Waals surface area contributed by atoms with E-state index in [9.17, 15) is 9.59 Å². The summed E-state index contributed by atoms with van der Waals surface area (Å²) in [5.74, 6) is 0.756. The second kappa shape index (κ2) is 7.54. The van der Waals surface area contributed by atoms with Gasteiger partial charge in [0.05, 0.1) is 18.8 Å². The van der Waals surface area contributed by atoms with Crippen LogP contribution >= 0.6 is 15.9 Å². The first-order chi connectivity index (χ1) is 13.1. The fourth-order valence-electron chi connectivity index (χ4n) is 2.89. The second-order valence-electron chi connectivity index (χ2n) is 6.12. The third-order valence-electron chi connectivity index (χ3n) is 4.26.